The molecule has 0 aromatic carbocycles. The molecule has 0 spiro atoms. The highest BCUT2D eigenvalue weighted by Crippen LogP contribution is 2.27. The van der Waals surface area contributed by atoms with Gasteiger partial charge in [0, 0.05) is 12.1 Å². The standard InChI is InChI=1S/C12H17N3O2/c1-8-3-4-10(7-8)14-12-6-5-11(15(16)17)9(2)13-12/h5-6,8,10H,3-4,7H2,1-2H3,(H,13,14). The van der Waals surface area contributed by atoms with E-state index in [2.05, 4.69) is 17.2 Å². The van der Waals surface area contributed by atoms with Gasteiger partial charge in [-0.2, -0.15) is 0 Å². The van der Waals surface area contributed by atoms with Crippen molar-refractivity contribution in [2.75, 3.05) is 5.32 Å². The highest BCUT2D eigenvalue weighted by atomic mass is 16.6. The molecular formula is C12H17N3O2. The van der Waals surface area contributed by atoms with Crippen molar-refractivity contribution in [2.45, 2.75) is 39.2 Å². The Bertz CT molecular complexity index is 434. The average molecular weight is 235 g/mol. The molecule has 0 saturated heterocycles. The molecule has 1 heterocycles. The molecule has 5 nitrogen and oxygen atoms in total. The van der Waals surface area contributed by atoms with E-state index in [0.29, 0.717) is 11.7 Å². The van der Waals surface area contributed by atoms with Crippen LogP contribution in [-0.2, 0) is 0 Å². The zero-order valence-electron chi connectivity index (χ0n) is 10.1. The zero-order chi connectivity index (χ0) is 12.4. The summed E-state index contributed by atoms with van der Waals surface area (Å²) in [5.74, 6) is 1.50. The van der Waals surface area contributed by atoms with Gasteiger partial charge in [0.05, 0.1) is 4.92 Å². The van der Waals surface area contributed by atoms with Gasteiger partial charge in [-0.25, -0.2) is 4.98 Å². The molecular weight excluding hydrogens is 218 g/mol. The maximum atomic E-state index is 10.7. The minimum Gasteiger partial charge on any atom is -0.367 e. The summed E-state index contributed by atoms with van der Waals surface area (Å²) in [6, 6.07) is 3.66. The topological polar surface area (TPSA) is 68.1 Å². The van der Waals surface area contributed by atoms with Crippen molar-refractivity contribution in [3.63, 3.8) is 0 Å². The Morgan fingerprint density at radius 2 is 2.24 bits per heavy atom. The second-order valence-corrected chi connectivity index (χ2v) is 4.82. The van der Waals surface area contributed by atoms with E-state index in [-0.39, 0.29) is 5.69 Å². The smallest absolute Gasteiger partial charge is 0.290 e. The number of rotatable bonds is 3. The molecule has 0 bridgehead atoms. The fraction of sp³-hybridized carbons (Fsp3) is 0.583. The monoisotopic (exact) mass is 235 g/mol. The number of nitrogens with zero attached hydrogens (tertiary/aromatic N) is 2. The van der Waals surface area contributed by atoms with Gasteiger partial charge in [-0.3, -0.25) is 10.1 Å². The lowest BCUT2D eigenvalue weighted by Crippen LogP contribution is -2.16. The van der Waals surface area contributed by atoms with Crippen LogP contribution in [0.1, 0.15) is 31.9 Å². The Hall–Kier alpha value is -1.65. The molecule has 0 amide bonds. The summed E-state index contributed by atoms with van der Waals surface area (Å²) in [5, 5.41) is 14.0. The maximum Gasteiger partial charge on any atom is 0.290 e. The van der Waals surface area contributed by atoms with E-state index >= 15 is 0 Å². The minimum absolute atomic E-state index is 0.0790. The summed E-state index contributed by atoms with van der Waals surface area (Å²) in [5.41, 5.74) is 0.543. The fourth-order valence-corrected chi connectivity index (χ4v) is 2.37. The van der Waals surface area contributed by atoms with Crippen LogP contribution in [0.3, 0.4) is 0 Å². The summed E-state index contributed by atoms with van der Waals surface area (Å²) >= 11 is 0. The summed E-state index contributed by atoms with van der Waals surface area (Å²) in [6.45, 7) is 3.91. The van der Waals surface area contributed by atoms with E-state index < -0.39 is 4.92 Å². The maximum absolute atomic E-state index is 10.7. The molecule has 2 rings (SSSR count). The van der Waals surface area contributed by atoms with Crippen LogP contribution in [0.25, 0.3) is 0 Å². The van der Waals surface area contributed by atoms with Crippen LogP contribution in [0.5, 0.6) is 0 Å². The SMILES string of the molecule is Cc1nc(NC2CCC(C)C2)ccc1[N+](=O)[O-]. The lowest BCUT2D eigenvalue weighted by atomic mass is 10.1. The Kier molecular flexibility index (Phi) is 3.26. The van der Waals surface area contributed by atoms with Crippen LogP contribution < -0.4 is 5.32 Å². The van der Waals surface area contributed by atoms with E-state index in [1.807, 2.05) is 0 Å². The predicted octanol–water partition coefficient (Wildman–Crippen LogP) is 2.90. The van der Waals surface area contributed by atoms with Crippen LogP contribution in [0.4, 0.5) is 11.5 Å². The third-order valence-corrected chi connectivity index (χ3v) is 3.30. The Morgan fingerprint density at radius 3 is 2.76 bits per heavy atom. The predicted molar refractivity (Wildman–Crippen MR) is 66.1 cm³/mol. The molecule has 2 atom stereocenters. The summed E-state index contributed by atoms with van der Waals surface area (Å²) in [7, 11) is 0. The lowest BCUT2D eigenvalue weighted by molar-refractivity contribution is -0.385. The van der Waals surface area contributed by atoms with Crippen molar-refractivity contribution in [2.24, 2.45) is 5.92 Å². The molecule has 1 aromatic heterocycles. The molecule has 2 unspecified atom stereocenters. The highest BCUT2D eigenvalue weighted by Gasteiger charge is 2.21. The van der Waals surface area contributed by atoms with Crippen LogP contribution >= 0.6 is 0 Å². The van der Waals surface area contributed by atoms with Gasteiger partial charge >= 0.3 is 0 Å². The summed E-state index contributed by atoms with van der Waals surface area (Å²) < 4.78 is 0. The number of anilines is 1. The third kappa shape index (κ3) is 2.72. The number of hydrogen-bond acceptors (Lipinski definition) is 4. The number of nitrogens with one attached hydrogen (secondary N) is 1. The summed E-state index contributed by atoms with van der Waals surface area (Å²) in [6.07, 6.45) is 3.54. The third-order valence-electron chi connectivity index (χ3n) is 3.30. The van der Waals surface area contributed by atoms with Crippen LogP contribution in [0.15, 0.2) is 12.1 Å². The molecule has 17 heavy (non-hydrogen) atoms. The number of aromatic nitrogens is 1. The van der Waals surface area contributed by atoms with Crippen molar-refractivity contribution in [1.82, 2.24) is 4.98 Å². The molecule has 0 aliphatic heterocycles. The quantitative estimate of drug-likeness (QED) is 0.646. The van der Waals surface area contributed by atoms with Crippen LogP contribution in [0, 0.1) is 23.0 Å². The van der Waals surface area contributed by atoms with Gasteiger partial charge in [0.1, 0.15) is 11.5 Å². The zero-order valence-corrected chi connectivity index (χ0v) is 10.1. The van der Waals surface area contributed by atoms with Gasteiger partial charge in [0.2, 0.25) is 0 Å². The van der Waals surface area contributed by atoms with Gasteiger partial charge in [-0.05, 0) is 38.2 Å². The normalized spacial score (nSPS) is 23.6. The van der Waals surface area contributed by atoms with E-state index in [1.165, 1.54) is 12.5 Å². The molecule has 1 aliphatic carbocycles. The van der Waals surface area contributed by atoms with Crippen LogP contribution in [0.2, 0.25) is 0 Å². The number of hydrogen-bond donors (Lipinski definition) is 1. The van der Waals surface area contributed by atoms with Gasteiger partial charge in [0.15, 0.2) is 0 Å². The number of aryl methyl sites for hydroxylation is 1. The summed E-state index contributed by atoms with van der Waals surface area (Å²) in [4.78, 5) is 14.5. The van der Waals surface area contributed by atoms with Crippen molar-refractivity contribution in [1.29, 1.82) is 0 Å². The average Bonchev–Trinajstić information content (AvgIpc) is 2.63. The van der Waals surface area contributed by atoms with E-state index in [9.17, 15) is 10.1 Å². The molecule has 1 N–H and O–H groups in total. The van der Waals surface area contributed by atoms with E-state index in [0.717, 1.165) is 24.6 Å². The Balaban J connectivity index is 2.07. The molecule has 5 heteroatoms. The van der Waals surface area contributed by atoms with Crippen molar-refractivity contribution >= 4 is 11.5 Å². The number of pyridine rings is 1. The molecule has 1 aliphatic rings. The minimum atomic E-state index is -0.399. The Labute approximate surface area is 100 Å². The largest absolute Gasteiger partial charge is 0.367 e. The highest BCUT2D eigenvalue weighted by molar-refractivity contribution is 5.45. The first-order valence-electron chi connectivity index (χ1n) is 5.95. The van der Waals surface area contributed by atoms with E-state index in [4.69, 9.17) is 0 Å². The van der Waals surface area contributed by atoms with Gasteiger partial charge in [0.25, 0.3) is 5.69 Å². The molecule has 1 saturated carbocycles. The van der Waals surface area contributed by atoms with E-state index in [1.54, 1.807) is 13.0 Å². The first-order valence-corrected chi connectivity index (χ1v) is 5.95. The van der Waals surface area contributed by atoms with Crippen LogP contribution in [-0.4, -0.2) is 15.9 Å². The first-order chi connectivity index (χ1) is 8.06. The molecule has 1 aromatic rings. The number of nitro groups is 1. The van der Waals surface area contributed by atoms with Crippen molar-refractivity contribution < 1.29 is 4.92 Å². The van der Waals surface area contributed by atoms with Gasteiger partial charge < -0.3 is 5.32 Å². The molecule has 1 fully saturated rings. The Morgan fingerprint density at radius 1 is 1.47 bits per heavy atom. The molecule has 0 radical (unpaired) electrons. The van der Waals surface area contributed by atoms with Crippen molar-refractivity contribution in [3.05, 3.63) is 27.9 Å². The van der Waals surface area contributed by atoms with Gasteiger partial charge in [-0.1, -0.05) is 6.92 Å². The second-order valence-electron chi connectivity index (χ2n) is 4.82. The van der Waals surface area contributed by atoms with Gasteiger partial charge in [-0.15, -0.1) is 0 Å². The first kappa shape index (κ1) is 11.8. The van der Waals surface area contributed by atoms with Crippen molar-refractivity contribution in [3.8, 4) is 0 Å². The lowest BCUT2D eigenvalue weighted by Gasteiger charge is -2.13. The fourth-order valence-electron chi connectivity index (χ4n) is 2.37. The second kappa shape index (κ2) is 4.69. The molecule has 92 valence electrons.